The molecular formula is C26H31F2N7O5. The first kappa shape index (κ1) is 28.8. The molecule has 40 heavy (non-hydrogen) atoms. The fourth-order valence-electron chi connectivity index (χ4n) is 4.85. The predicted octanol–water partition coefficient (Wildman–Crippen LogP) is 1.86. The number of nitrogens with zero attached hydrogens (tertiary/aromatic N) is 4. The van der Waals surface area contributed by atoms with Gasteiger partial charge in [0.1, 0.15) is 6.04 Å². The smallest absolute Gasteiger partial charge is 0.338 e. The van der Waals surface area contributed by atoms with Crippen molar-refractivity contribution >= 4 is 24.0 Å². The molecule has 14 heteroatoms. The summed E-state index contributed by atoms with van der Waals surface area (Å²) in [5, 5.41) is 8.51. The minimum atomic E-state index is -1.42. The number of hydrogen-bond acceptors (Lipinski definition) is 9. The summed E-state index contributed by atoms with van der Waals surface area (Å²) in [7, 11) is 2.48. The second-order valence-electron chi connectivity index (χ2n) is 9.15. The van der Waals surface area contributed by atoms with Crippen molar-refractivity contribution in [1.82, 2.24) is 30.8 Å². The van der Waals surface area contributed by atoms with Gasteiger partial charge in [0.2, 0.25) is 5.95 Å². The van der Waals surface area contributed by atoms with E-state index in [0.717, 1.165) is 50.1 Å². The summed E-state index contributed by atoms with van der Waals surface area (Å²) in [4.78, 5) is 51.0. The Hall–Kier alpha value is -4.17. The first-order chi connectivity index (χ1) is 19.3. The second-order valence-corrected chi connectivity index (χ2v) is 9.15. The Labute approximate surface area is 229 Å². The summed E-state index contributed by atoms with van der Waals surface area (Å²) >= 11 is 0. The lowest BCUT2D eigenvalue weighted by molar-refractivity contribution is -0.137. The number of aromatic nitrogens is 2. The van der Waals surface area contributed by atoms with Gasteiger partial charge in [-0.3, -0.25) is 0 Å². The number of methoxy groups -OCH3 is 2. The highest BCUT2D eigenvalue weighted by atomic mass is 19.2. The minimum Gasteiger partial charge on any atom is -0.466 e. The first-order valence-electron chi connectivity index (χ1n) is 12.7. The quantitative estimate of drug-likeness (QED) is 0.393. The van der Waals surface area contributed by atoms with Gasteiger partial charge in [-0.2, -0.15) is 0 Å². The third-order valence-corrected chi connectivity index (χ3v) is 6.69. The predicted molar refractivity (Wildman–Crippen MR) is 139 cm³/mol. The van der Waals surface area contributed by atoms with E-state index in [4.69, 9.17) is 9.47 Å². The van der Waals surface area contributed by atoms with Crippen LogP contribution in [0.4, 0.5) is 24.3 Å². The van der Waals surface area contributed by atoms with Gasteiger partial charge in [0.15, 0.2) is 11.6 Å². The lowest BCUT2D eigenvalue weighted by Crippen LogP contribution is -2.56. The number of carbonyl (C=O) groups excluding carboxylic acids is 3. The molecule has 12 nitrogen and oxygen atoms in total. The van der Waals surface area contributed by atoms with Gasteiger partial charge in [0, 0.05) is 38.6 Å². The van der Waals surface area contributed by atoms with E-state index in [9.17, 15) is 23.2 Å². The molecule has 0 unspecified atom stereocenters. The molecule has 0 saturated carbocycles. The van der Waals surface area contributed by atoms with E-state index >= 15 is 0 Å². The molecule has 0 aliphatic carbocycles. The number of rotatable bonds is 9. The summed E-state index contributed by atoms with van der Waals surface area (Å²) < 4.78 is 38.1. The standard InChI is InChI=1S/C26H31F2N7O5/c1-39-15-20-21(23(36)40-2)22(16-4-5-18(27)19(28)14-16)35(26(38)33-20)25(37)32-12-13-34(17-6-10-29-11-7-17)24-30-8-3-9-31-24/h3-5,8-9,14,17,22,29H,6-7,10-13,15H2,1-2H3,(H,32,37)(H,33,38)/t22-/m0/s1. The highest BCUT2D eigenvalue weighted by Crippen LogP contribution is 2.35. The van der Waals surface area contributed by atoms with Gasteiger partial charge in [0.05, 0.1) is 25.0 Å². The van der Waals surface area contributed by atoms with Crippen LogP contribution in [0.15, 0.2) is 47.9 Å². The largest absolute Gasteiger partial charge is 0.466 e. The van der Waals surface area contributed by atoms with Crippen LogP contribution in [0, 0.1) is 11.6 Å². The third-order valence-electron chi connectivity index (χ3n) is 6.69. The van der Waals surface area contributed by atoms with Crippen LogP contribution >= 0.6 is 0 Å². The molecule has 2 aromatic rings. The SMILES string of the molecule is COCC1=C(C(=O)OC)[C@H](c2ccc(F)c(F)c2)N(C(=O)NCCN(c2ncccn2)C2CCNCC2)C(=O)N1. The molecule has 3 heterocycles. The number of esters is 1. The summed E-state index contributed by atoms with van der Waals surface area (Å²) in [6, 6.07) is 1.58. The molecule has 1 aromatic carbocycles. The Kier molecular flexibility index (Phi) is 9.56. The van der Waals surface area contributed by atoms with E-state index in [1.165, 1.54) is 13.2 Å². The van der Waals surface area contributed by atoms with Crippen LogP contribution in [-0.4, -0.2) is 85.9 Å². The normalized spacial score (nSPS) is 17.9. The molecule has 0 spiro atoms. The van der Waals surface area contributed by atoms with Crippen molar-refractivity contribution in [3.63, 3.8) is 0 Å². The fourth-order valence-corrected chi connectivity index (χ4v) is 4.85. The number of nitrogens with one attached hydrogen (secondary N) is 3. The molecule has 0 radical (unpaired) electrons. The highest BCUT2D eigenvalue weighted by molar-refractivity contribution is 6.01. The van der Waals surface area contributed by atoms with Crippen molar-refractivity contribution in [2.75, 3.05) is 51.9 Å². The van der Waals surface area contributed by atoms with Crippen LogP contribution in [-0.2, 0) is 14.3 Å². The van der Waals surface area contributed by atoms with Crippen molar-refractivity contribution in [3.05, 3.63) is 65.1 Å². The Morgan fingerprint density at radius 1 is 1.15 bits per heavy atom. The lowest BCUT2D eigenvalue weighted by Gasteiger charge is -2.37. The number of halogens is 2. The van der Waals surface area contributed by atoms with Crippen molar-refractivity contribution < 1.29 is 32.6 Å². The van der Waals surface area contributed by atoms with Gasteiger partial charge in [-0.15, -0.1) is 0 Å². The van der Waals surface area contributed by atoms with Crippen molar-refractivity contribution in [1.29, 1.82) is 0 Å². The van der Waals surface area contributed by atoms with Crippen LogP contribution in [0.2, 0.25) is 0 Å². The van der Waals surface area contributed by atoms with E-state index in [-0.39, 0.29) is 36.0 Å². The van der Waals surface area contributed by atoms with Gasteiger partial charge in [0.25, 0.3) is 0 Å². The van der Waals surface area contributed by atoms with E-state index in [1.807, 2.05) is 4.90 Å². The first-order valence-corrected chi connectivity index (χ1v) is 12.7. The molecular weight excluding hydrogens is 528 g/mol. The van der Waals surface area contributed by atoms with E-state index in [0.29, 0.717) is 12.5 Å². The fraction of sp³-hybridized carbons (Fsp3) is 0.423. The maximum atomic E-state index is 14.3. The van der Waals surface area contributed by atoms with Crippen LogP contribution in [0.3, 0.4) is 0 Å². The molecule has 2 aliphatic heterocycles. The molecule has 1 aromatic heterocycles. The maximum Gasteiger partial charge on any atom is 0.338 e. The number of anilines is 1. The number of ether oxygens (including phenoxy) is 2. The van der Waals surface area contributed by atoms with Crippen molar-refractivity contribution in [2.24, 2.45) is 0 Å². The molecule has 1 fully saturated rings. The Morgan fingerprint density at radius 3 is 2.52 bits per heavy atom. The molecule has 1 saturated heterocycles. The number of imide groups is 1. The van der Waals surface area contributed by atoms with Gasteiger partial charge in [-0.1, -0.05) is 6.07 Å². The summed E-state index contributed by atoms with van der Waals surface area (Å²) in [5.41, 5.74) is -0.123. The Balaban J connectivity index is 1.61. The van der Waals surface area contributed by atoms with Gasteiger partial charge >= 0.3 is 18.0 Å². The summed E-state index contributed by atoms with van der Waals surface area (Å²) in [6.07, 6.45) is 4.98. The highest BCUT2D eigenvalue weighted by Gasteiger charge is 2.43. The number of piperidine rings is 1. The number of hydrogen-bond donors (Lipinski definition) is 3. The van der Waals surface area contributed by atoms with E-state index in [2.05, 4.69) is 25.9 Å². The summed E-state index contributed by atoms with van der Waals surface area (Å²) in [6.45, 7) is 1.89. The molecule has 2 aliphatic rings. The average molecular weight is 560 g/mol. The molecule has 1 atom stereocenters. The van der Waals surface area contributed by atoms with Crippen molar-refractivity contribution in [2.45, 2.75) is 24.9 Å². The van der Waals surface area contributed by atoms with Crippen LogP contribution in [0.25, 0.3) is 0 Å². The minimum absolute atomic E-state index is 0.00748. The summed E-state index contributed by atoms with van der Waals surface area (Å²) in [5.74, 6) is -2.69. The van der Waals surface area contributed by atoms with E-state index in [1.54, 1.807) is 18.5 Å². The average Bonchev–Trinajstić information content (AvgIpc) is 2.97. The zero-order valence-electron chi connectivity index (χ0n) is 22.2. The monoisotopic (exact) mass is 559 g/mol. The molecule has 214 valence electrons. The van der Waals surface area contributed by atoms with E-state index < -0.39 is 35.7 Å². The van der Waals surface area contributed by atoms with Crippen LogP contribution < -0.4 is 20.9 Å². The molecule has 3 N–H and O–H groups in total. The Morgan fingerprint density at radius 2 is 1.88 bits per heavy atom. The third kappa shape index (κ3) is 6.34. The van der Waals surface area contributed by atoms with Gasteiger partial charge < -0.3 is 30.3 Å². The zero-order valence-corrected chi connectivity index (χ0v) is 22.2. The lowest BCUT2D eigenvalue weighted by atomic mass is 9.93. The topological polar surface area (TPSA) is 138 Å². The zero-order chi connectivity index (χ0) is 28.6. The molecule has 0 bridgehead atoms. The molecule has 4 amide bonds. The molecule has 4 rings (SSSR count). The van der Waals surface area contributed by atoms with Crippen LogP contribution in [0.5, 0.6) is 0 Å². The van der Waals surface area contributed by atoms with Crippen molar-refractivity contribution in [3.8, 4) is 0 Å². The number of benzene rings is 1. The maximum absolute atomic E-state index is 14.3. The number of carbonyl (C=O) groups is 3. The van der Waals surface area contributed by atoms with Crippen LogP contribution in [0.1, 0.15) is 24.4 Å². The Bertz CT molecular complexity index is 1260. The number of amides is 4. The van der Waals surface area contributed by atoms with Gasteiger partial charge in [-0.25, -0.2) is 38.0 Å². The second kappa shape index (κ2) is 13.3. The van der Waals surface area contributed by atoms with Gasteiger partial charge in [-0.05, 0) is 49.7 Å². The number of urea groups is 2.